The second kappa shape index (κ2) is 5.00. The first-order valence-corrected chi connectivity index (χ1v) is 6.90. The molecule has 0 spiro atoms. The van der Waals surface area contributed by atoms with Crippen molar-refractivity contribution in [3.05, 3.63) is 65.7 Å². The molecule has 0 heterocycles. The Balaban J connectivity index is 1.70. The lowest BCUT2D eigenvalue weighted by atomic mass is 10.1. The number of amides is 2. The van der Waals surface area contributed by atoms with Crippen LogP contribution >= 0.6 is 0 Å². The van der Waals surface area contributed by atoms with Crippen LogP contribution in [0.3, 0.4) is 0 Å². The minimum Gasteiger partial charge on any atom is -0.328 e. The van der Waals surface area contributed by atoms with E-state index in [0.29, 0.717) is 0 Å². The number of para-hydroxylation sites is 1. The zero-order valence-electron chi connectivity index (χ0n) is 11.5. The van der Waals surface area contributed by atoms with Crippen LogP contribution in [0, 0.1) is 6.92 Å². The van der Waals surface area contributed by atoms with Crippen LogP contribution in [0.4, 0.5) is 10.5 Å². The lowest BCUT2D eigenvalue weighted by Gasteiger charge is -2.19. The van der Waals surface area contributed by atoms with Gasteiger partial charge in [-0.25, -0.2) is 4.79 Å². The van der Waals surface area contributed by atoms with Crippen molar-refractivity contribution in [1.82, 2.24) is 5.32 Å². The summed E-state index contributed by atoms with van der Waals surface area (Å²) in [7, 11) is 0. The summed E-state index contributed by atoms with van der Waals surface area (Å²) in [6, 6.07) is 17.8. The summed E-state index contributed by atoms with van der Waals surface area (Å²) in [6.45, 7) is 1.99. The number of rotatable bonds is 3. The monoisotopic (exact) mass is 266 g/mol. The highest BCUT2D eigenvalue weighted by Crippen LogP contribution is 2.45. The third-order valence-electron chi connectivity index (χ3n) is 3.82. The molecule has 0 bridgehead atoms. The van der Waals surface area contributed by atoms with Gasteiger partial charge in [-0.1, -0.05) is 48.5 Å². The molecule has 1 fully saturated rings. The number of carbonyl (C=O) groups excluding carboxylic acids is 1. The first-order valence-electron chi connectivity index (χ1n) is 6.90. The molecule has 1 saturated carbocycles. The molecule has 0 aromatic heterocycles. The number of hydrogen-bond acceptors (Lipinski definition) is 1. The molecule has 1 aliphatic rings. The predicted octanol–water partition coefficient (Wildman–Crippen LogP) is 3.81. The topological polar surface area (TPSA) is 41.1 Å². The molecule has 2 aromatic carbocycles. The van der Waals surface area contributed by atoms with E-state index in [1.54, 1.807) is 0 Å². The van der Waals surface area contributed by atoms with Crippen molar-refractivity contribution in [3.8, 4) is 0 Å². The summed E-state index contributed by atoms with van der Waals surface area (Å²) in [5.74, 6) is 0. The fraction of sp³-hybridized carbons (Fsp3) is 0.235. The first-order chi connectivity index (χ1) is 9.70. The van der Waals surface area contributed by atoms with Gasteiger partial charge in [0.2, 0.25) is 0 Å². The van der Waals surface area contributed by atoms with Crippen molar-refractivity contribution in [2.75, 3.05) is 5.32 Å². The van der Waals surface area contributed by atoms with Crippen molar-refractivity contribution in [3.63, 3.8) is 0 Å². The van der Waals surface area contributed by atoms with Crippen molar-refractivity contribution < 1.29 is 4.79 Å². The molecule has 3 rings (SSSR count). The Morgan fingerprint density at radius 3 is 2.30 bits per heavy atom. The number of anilines is 1. The summed E-state index contributed by atoms with van der Waals surface area (Å²) in [6.07, 6.45) is 2.00. The molecule has 1 aliphatic carbocycles. The van der Waals surface area contributed by atoms with Crippen molar-refractivity contribution >= 4 is 11.7 Å². The third-order valence-corrected chi connectivity index (χ3v) is 3.82. The summed E-state index contributed by atoms with van der Waals surface area (Å²) in [5, 5.41) is 6.04. The van der Waals surface area contributed by atoms with Crippen LogP contribution < -0.4 is 10.6 Å². The van der Waals surface area contributed by atoms with E-state index in [1.165, 1.54) is 5.56 Å². The quantitative estimate of drug-likeness (QED) is 0.871. The van der Waals surface area contributed by atoms with E-state index in [-0.39, 0.29) is 11.6 Å². The SMILES string of the molecule is Cc1ccccc1NC(=O)NC1(c2ccccc2)CC1. The molecule has 102 valence electrons. The lowest BCUT2D eigenvalue weighted by Crippen LogP contribution is -2.38. The number of aryl methyl sites for hydroxylation is 1. The van der Waals surface area contributed by atoms with E-state index >= 15 is 0 Å². The standard InChI is InChI=1S/C17H18N2O/c1-13-7-5-6-10-15(13)18-16(20)19-17(11-12-17)14-8-3-2-4-9-14/h2-10H,11-12H2,1H3,(H2,18,19,20). The van der Waals surface area contributed by atoms with Crippen LogP contribution in [0.25, 0.3) is 0 Å². The minimum absolute atomic E-state index is 0.138. The third kappa shape index (κ3) is 2.52. The van der Waals surface area contributed by atoms with Gasteiger partial charge >= 0.3 is 6.03 Å². The summed E-state index contributed by atoms with van der Waals surface area (Å²) >= 11 is 0. The second-order valence-electron chi connectivity index (χ2n) is 5.34. The zero-order chi connectivity index (χ0) is 14.0. The van der Waals surface area contributed by atoms with Gasteiger partial charge in [-0.15, -0.1) is 0 Å². The average molecular weight is 266 g/mol. The molecule has 2 aromatic rings. The van der Waals surface area contributed by atoms with Crippen LogP contribution in [0.1, 0.15) is 24.0 Å². The van der Waals surface area contributed by atoms with Crippen LogP contribution in [0.15, 0.2) is 54.6 Å². The molecule has 3 nitrogen and oxygen atoms in total. The van der Waals surface area contributed by atoms with Gasteiger partial charge in [-0.2, -0.15) is 0 Å². The largest absolute Gasteiger partial charge is 0.328 e. The van der Waals surface area contributed by atoms with Gasteiger partial charge in [0.25, 0.3) is 0 Å². The molecule has 3 heteroatoms. The molecule has 0 saturated heterocycles. The van der Waals surface area contributed by atoms with Crippen LogP contribution in [-0.4, -0.2) is 6.03 Å². The molecular formula is C17H18N2O. The van der Waals surface area contributed by atoms with Crippen molar-refractivity contribution in [2.24, 2.45) is 0 Å². The zero-order valence-corrected chi connectivity index (χ0v) is 11.5. The molecule has 0 atom stereocenters. The number of hydrogen-bond donors (Lipinski definition) is 2. The van der Waals surface area contributed by atoms with Gasteiger partial charge in [0.05, 0.1) is 5.54 Å². The normalized spacial score (nSPS) is 15.4. The first kappa shape index (κ1) is 12.7. The fourth-order valence-electron chi connectivity index (χ4n) is 2.45. The summed E-state index contributed by atoms with van der Waals surface area (Å²) in [4.78, 5) is 12.2. The molecule has 2 N–H and O–H groups in total. The van der Waals surface area contributed by atoms with E-state index < -0.39 is 0 Å². The Bertz CT molecular complexity index is 618. The van der Waals surface area contributed by atoms with E-state index in [1.807, 2.05) is 49.4 Å². The molecule has 0 unspecified atom stereocenters. The van der Waals surface area contributed by atoms with Crippen LogP contribution in [0.2, 0.25) is 0 Å². The fourth-order valence-corrected chi connectivity index (χ4v) is 2.45. The molecular weight excluding hydrogens is 248 g/mol. The minimum atomic E-state index is -0.173. The average Bonchev–Trinajstić information content (AvgIpc) is 3.23. The van der Waals surface area contributed by atoms with Crippen LogP contribution in [0.5, 0.6) is 0 Å². The lowest BCUT2D eigenvalue weighted by molar-refractivity contribution is 0.247. The van der Waals surface area contributed by atoms with E-state index in [4.69, 9.17) is 0 Å². The Labute approximate surface area is 119 Å². The Kier molecular flexibility index (Phi) is 3.18. The number of benzene rings is 2. The molecule has 0 aliphatic heterocycles. The van der Waals surface area contributed by atoms with Gasteiger partial charge in [0, 0.05) is 5.69 Å². The number of nitrogens with one attached hydrogen (secondary N) is 2. The highest BCUT2D eigenvalue weighted by atomic mass is 16.2. The maximum Gasteiger partial charge on any atom is 0.319 e. The van der Waals surface area contributed by atoms with Gasteiger partial charge in [0.1, 0.15) is 0 Å². The maximum atomic E-state index is 12.2. The Morgan fingerprint density at radius 2 is 1.65 bits per heavy atom. The van der Waals surface area contributed by atoms with Gasteiger partial charge in [-0.05, 0) is 37.0 Å². The van der Waals surface area contributed by atoms with E-state index in [0.717, 1.165) is 24.1 Å². The highest BCUT2D eigenvalue weighted by molar-refractivity contribution is 5.90. The second-order valence-corrected chi connectivity index (χ2v) is 5.34. The van der Waals surface area contributed by atoms with Gasteiger partial charge in [0.15, 0.2) is 0 Å². The smallest absolute Gasteiger partial charge is 0.319 e. The number of carbonyl (C=O) groups is 1. The summed E-state index contributed by atoms with van der Waals surface area (Å²) in [5.41, 5.74) is 2.93. The number of urea groups is 1. The Morgan fingerprint density at radius 1 is 1.00 bits per heavy atom. The maximum absolute atomic E-state index is 12.2. The van der Waals surface area contributed by atoms with Gasteiger partial charge in [-0.3, -0.25) is 0 Å². The molecule has 20 heavy (non-hydrogen) atoms. The Hall–Kier alpha value is -2.29. The van der Waals surface area contributed by atoms with E-state index in [9.17, 15) is 4.79 Å². The molecule has 0 radical (unpaired) electrons. The van der Waals surface area contributed by atoms with Crippen molar-refractivity contribution in [2.45, 2.75) is 25.3 Å². The predicted molar refractivity (Wildman–Crippen MR) is 80.7 cm³/mol. The van der Waals surface area contributed by atoms with Crippen LogP contribution in [-0.2, 0) is 5.54 Å². The van der Waals surface area contributed by atoms with Crippen molar-refractivity contribution in [1.29, 1.82) is 0 Å². The highest BCUT2D eigenvalue weighted by Gasteiger charge is 2.45. The van der Waals surface area contributed by atoms with Gasteiger partial charge < -0.3 is 10.6 Å². The molecule has 2 amide bonds. The summed E-state index contributed by atoms with van der Waals surface area (Å²) < 4.78 is 0. The van der Waals surface area contributed by atoms with E-state index in [2.05, 4.69) is 22.8 Å².